The number of carbonyl (C=O) groups excluding carboxylic acids is 3. The van der Waals surface area contributed by atoms with Crippen molar-refractivity contribution in [2.45, 2.75) is 38.9 Å². The molecule has 0 bridgehead atoms. The van der Waals surface area contributed by atoms with Crippen LogP contribution in [-0.4, -0.2) is 65.5 Å². The Morgan fingerprint density at radius 3 is 2.44 bits per heavy atom. The van der Waals surface area contributed by atoms with E-state index in [1.165, 1.54) is 0 Å². The number of hydrogen-bond donors (Lipinski definition) is 1. The lowest BCUT2D eigenvalue weighted by molar-refractivity contribution is -0.138. The fourth-order valence-corrected chi connectivity index (χ4v) is 5.59. The Hall–Kier alpha value is -2.42. The van der Waals surface area contributed by atoms with Crippen molar-refractivity contribution in [1.29, 1.82) is 0 Å². The summed E-state index contributed by atoms with van der Waals surface area (Å²) in [5.41, 5.74) is 2.47. The first-order valence-electron chi connectivity index (χ1n) is 10.9. The van der Waals surface area contributed by atoms with Gasteiger partial charge in [-0.05, 0) is 45.3 Å². The molecular weight excluding hydrogens is 436 g/mol. The molecule has 1 N–H and O–H groups in total. The highest BCUT2D eigenvalue weighted by Crippen LogP contribution is 2.44. The van der Waals surface area contributed by atoms with E-state index >= 15 is 0 Å². The predicted octanol–water partition coefficient (Wildman–Crippen LogP) is 2.19. The lowest BCUT2D eigenvalue weighted by Crippen LogP contribution is -2.45. The molecule has 8 nitrogen and oxygen atoms in total. The topological polar surface area (TPSA) is 96.4 Å². The second-order valence-electron chi connectivity index (χ2n) is 9.02. The zero-order valence-corrected chi connectivity index (χ0v) is 18.6. The Balaban J connectivity index is 1.23. The first-order valence-corrected chi connectivity index (χ1v) is 11.3. The van der Waals surface area contributed by atoms with Crippen molar-refractivity contribution in [3.05, 3.63) is 45.1 Å². The lowest BCUT2D eigenvalue weighted by Gasteiger charge is -2.38. The van der Waals surface area contributed by atoms with E-state index in [2.05, 4.69) is 4.90 Å². The Morgan fingerprint density at radius 2 is 1.75 bits per heavy atom. The maximum Gasteiger partial charge on any atom is 0.338 e. The molecule has 32 heavy (non-hydrogen) atoms. The second kappa shape index (κ2) is 7.86. The largest absolute Gasteiger partial charge is 0.457 e. The third-order valence-corrected chi connectivity index (χ3v) is 7.81. The van der Waals surface area contributed by atoms with E-state index in [-0.39, 0.29) is 31.1 Å². The van der Waals surface area contributed by atoms with E-state index in [9.17, 15) is 19.5 Å². The summed E-state index contributed by atoms with van der Waals surface area (Å²) in [6.45, 7) is 4.39. The number of likely N-dealkylation sites (tertiary alicyclic amines) is 2. The van der Waals surface area contributed by atoms with Gasteiger partial charge in [0.2, 0.25) is 5.91 Å². The molecule has 0 aliphatic carbocycles. The molecule has 1 spiro atoms. The number of hydrogen-bond acceptors (Lipinski definition) is 7. The molecule has 2 saturated heterocycles. The summed E-state index contributed by atoms with van der Waals surface area (Å²) in [7, 11) is 0. The van der Waals surface area contributed by atoms with Crippen LogP contribution in [0, 0.1) is 5.41 Å². The highest BCUT2D eigenvalue weighted by atomic mass is 35.5. The van der Waals surface area contributed by atoms with Crippen molar-refractivity contribution < 1.29 is 29.0 Å². The number of amides is 1. The van der Waals surface area contributed by atoms with E-state index in [1.807, 2.05) is 0 Å². The fourth-order valence-electron chi connectivity index (χ4n) is 5.24. The van der Waals surface area contributed by atoms with Crippen molar-refractivity contribution >= 4 is 29.4 Å². The minimum atomic E-state index is -0.803. The minimum absolute atomic E-state index is 0.0803. The van der Waals surface area contributed by atoms with Gasteiger partial charge < -0.3 is 24.4 Å². The minimum Gasteiger partial charge on any atom is -0.457 e. The molecule has 170 valence electrons. The molecule has 5 rings (SSSR count). The number of fused-ring (bicyclic) bond motifs is 1. The molecule has 1 aromatic rings. The van der Waals surface area contributed by atoms with Crippen LogP contribution in [0.2, 0.25) is 5.02 Å². The van der Waals surface area contributed by atoms with Crippen molar-refractivity contribution in [3.63, 3.8) is 0 Å². The molecule has 1 atom stereocenters. The Kier molecular flexibility index (Phi) is 5.27. The summed E-state index contributed by atoms with van der Waals surface area (Å²) in [6.07, 6.45) is 1.37. The summed E-state index contributed by atoms with van der Waals surface area (Å²) in [5, 5.41) is 11.2. The van der Waals surface area contributed by atoms with Crippen LogP contribution < -0.4 is 0 Å². The van der Waals surface area contributed by atoms with Gasteiger partial charge in [-0.3, -0.25) is 4.79 Å². The number of aliphatic hydroxyl groups is 1. The van der Waals surface area contributed by atoms with Crippen LogP contribution >= 0.6 is 11.6 Å². The van der Waals surface area contributed by atoms with Gasteiger partial charge in [0.25, 0.3) is 0 Å². The number of benzene rings is 1. The summed E-state index contributed by atoms with van der Waals surface area (Å²) in [6, 6.07) is 3.34. The van der Waals surface area contributed by atoms with Crippen LogP contribution in [0.5, 0.6) is 0 Å². The van der Waals surface area contributed by atoms with Gasteiger partial charge >= 0.3 is 11.9 Å². The van der Waals surface area contributed by atoms with Crippen LogP contribution in [0.25, 0.3) is 0 Å². The fraction of sp³-hybridized carbons (Fsp3) is 0.522. The van der Waals surface area contributed by atoms with Gasteiger partial charge in [0.05, 0.1) is 33.4 Å². The van der Waals surface area contributed by atoms with Crippen LogP contribution in [0.1, 0.15) is 53.8 Å². The SMILES string of the molecule is CC1=C(N2CCC3(CCN(C[C@@H](O)c4ccc5c(c4Cl)COC5=O)CC3)C2=O)COC1=O. The first kappa shape index (κ1) is 21.4. The van der Waals surface area contributed by atoms with Crippen LogP contribution in [0.15, 0.2) is 23.4 Å². The molecule has 0 saturated carbocycles. The van der Waals surface area contributed by atoms with Gasteiger partial charge in [0.15, 0.2) is 0 Å². The molecule has 4 aliphatic rings. The number of ether oxygens (including phenoxy) is 2. The van der Waals surface area contributed by atoms with Gasteiger partial charge in [0.1, 0.15) is 13.2 Å². The third-order valence-electron chi connectivity index (χ3n) is 7.36. The van der Waals surface area contributed by atoms with Crippen molar-refractivity contribution in [2.24, 2.45) is 5.41 Å². The number of cyclic esters (lactones) is 2. The number of β-amino-alcohol motifs (C(OH)–C–C–N with tert-alkyl or cyclic N) is 1. The van der Waals surface area contributed by atoms with Crippen LogP contribution in [-0.2, 0) is 25.7 Å². The highest BCUT2D eigenvalue weighted by molar-refractivity contribution is 6.32. The standard InChI is InChI=1S/C23H25ClN2O6/c1-13-17(12-32-20(13)28)26-9-6-23(22(26)30)4-7-25(8-5-23)10-18(27)15-3-2-14-16(19(15)24)11-31-21(14)29/h2-3,18,27H,4-12H2,1H3/t18-/m1/s1. The van der Waals surface area contributed by atoms with E-state index in [1.54, 1.807) is 24.0 Å². The molecule has 0 aromatic heterocycles. The Morgan fingerprint density at radius 1 is 1.06 bits per heavy atom. The number of halogens is 1. The normalized spacial score (nSPS) is 23.7. The zero-order chi connectivity index (χ0) is 22.6. The number of carbonyl (C=O) groups is 3. The summed E-state index contributed by atoms with van der Waals surface area (Å²) >= 11 is 6.45. The predicted molar refractivity (Wildman–Crippen MR) is 114 cm³/mol. The van der Waals surface area contributed by atoms with E-state index in [4.69, 9.17) is 21.1 Å². The monoisotopic (exact) mass is 460 g/mol. The number of piperidine rings is 1. The van der Waals surface area contributed by atoms with Crippen molar-refractivity contribution in [3.8, 4) is 0 Å². The molecular formula is C23H25ClN2O6. The number of esters is 2. The van der Waals surface area contributed by atoms with Gasteiger partial charge in [-0.15, -0.1) is 0 Å². The molecule has 0 radical (unpaired) electrons. The number of nitrogens with zero attached hydrogens (tertiary/aromatic N) is 2. The van der Waals surface area contributed by atoms with Gasteiger partial charge in [-0.25, -0.2) is 9.59 Å². The molecule has 9 heteroatoms. The number of aliphatic hydroxyl groups excluding tert-OH is 1. The molecule has 4 heterocycles. The van der Waals surface area contributed by atoms with E-state index in [0.29, 0.717) is 72.0 Å². The first-order chi connectivity index (χ1) is 15.3. The zero-order valence-electron chi connectivity index (χ0n) is 17.9. The van der Waals surface area contributed by atoms with E-state index < -0.39 is 11.5 Å². The average molecular weight is 461 g/mol. The second-order valence-corrected chi connectivity index (χ2v) is 9.40. The molecule has 4 aliphatic heterocycles. The molecule has 1 amide bonds. The van der Waals surface area contributed by atoms with Crippen LogP contribution in [0.3, 0.4) is 0 Å². The maximum absolute atomic E-state index is 13.3. The maximum atomic E-state index is 13.3. The van der Waals surface area contributed by atoms with Crippen LogP contribution in [0.4, 0.5) is 0 Å². The average Bonchev–Trinajstić information content (AvgIpc) is 3.42. The van der Waals surface area contributed by atoms with E-state index in [0.717, 1.165) is 6.42 Å². The van der Waals surface area contributed by atoms with Gasteiger partial charge in [-0.1, -0.05) is 17.7 Å². The quantitative estimate of drug-likeness (QED) is 0.688. The molecule has 1 aromatic carbocycles. The molecule has 0 unspecified atom stereocenters. The molecule has 2 fully saturated rings. The third kappa shape index (κ3) is 3.32. The number of rotatable bonds is 4. The Labute approximate surface area is 190 Å². The van der Waals surface area contributed by atoms with Crippen molar-refractivity contribution in [1.82, 2.24) is 9.80 Å². The van der Waals surface area contributed by atoms with Gasteiger partial charge in [-0.2, -0.15) is 0 Å². The Bertz CT molecular complexity index is 1040. The van der Waals surface area contributed by atoms with Gasteiger partial charge in [0, 0.05) is 24.2 Å². The highest BCUT2D eigenvalue weighted by Gasteiger charge is 2.50. The lowest BCUT2D eigenvalue weighted by atomic mass is 9.77. The van der Waals surface area contributed by atoms with Crippen molar-refractivity contribution in [2.75, 3.05) is 32.8 Å². The summed E-state index contributed by atoms with van der Waals surface area (Å²) in [4.78, 5) is 40.5. The smallest absolute Gasteiger partial charge is 0.338 e. The summed E-state index contributed by atoms with van der Waals surface area (Å²) < 4.78 is 10.1. The summed E-state index contributed by atoms with van der Waals surface area (Å²) in [5.74, 6) is -0.658.